The van der Waals surface area contributed by atoms with Crippen molar-refractivity contribution in [1.82, 2.24) is 0 Å². The van der Waals surface area contributed by atoms with E-state index in [9.17, 15) is 5.26 Å². The summed E-state index contributed by atoms with van der Waals surface area (Å²) in [5.41, 5.74) is -0.0901. The van der Waals surface area contributed by atoms with Crippen molar-refractivity contribution in [3.8, 4) is 6.07 Å². The van der Waals surface area contributed by atoms with Crippen LogP contribution < -0.4 is 0 Å². The van der Waals surface area contributed by atoms with E-state index in [2.05, 4.69) is 19.9 Å². The molecule has 0 radical (unpaired) electrons. The first-order chi connectivity index (χ1) is 6.63. The highest BCUT2D eigenvalue weighted by molar-refractivity contribution is 6.17. The van der Waals surface area contributed by atoms with Crippen LogP contribution in [0.2, 0.25) is 0 Å². The lowest BCUT2D eigenvalue weighted by Gasteiger charge is -2.36. The fourth-order valence-corrected chi connectivity index (χ4v) is 2.82. The zero-order valence-electron chi connectivity index (χ0n) is 9.22. The van der Waals surface area contributed by atoms with E-state index in [4.69, 9.17) is 11.6 Å². The molecular weight excluding hydrogens is 194 g/mol. The first kappa shape index (κ1) is 11.9. The first-order valence-electron chi connectivity index (χ1n) is 5.61. The van der Waals surface area contributed by atoms with E-state index < -0.39 is 0 Å². The van der Waals surface area contributed by atoms with Gasteiger partial charge in [0.2, 0.25) is 0 Å². The van der Waals surface area contributed by atoms with Crippen molar-refractivity contribution in [2.45, 2.75) is 46.0 Å². The van der Waals surface area contributed by atoms with Crippen LogP contribution in [0.5, 0.6) is 0 Å². The van der Waals surface area contributed by atoms with Crippen LogP contribution in [0.15, 0.2) is 0 Å². The summed E-state index contributed by atoms with van der Waals surface area (Å²) in [4.78, 5) is 0. The van der Waals surface area contributed by atoms with Crippen LogP contribution >= 0.6 is 11.6 Å². The minimum atomic E-state index is -0.0901. The van der Waals surface area contributed by atoms with Crippen LogP contribution in [-0.4, -0.2) is 5.88 Å². The Morgan fingerprint density at radius 1 is 1.43 bits per heavy atom. The average molecular weight is 214 g/mol. The van der Waals surface area contributed by atoms with Gasteiger partial charge >= 0.3 is 0 Å². The third-order valence-corrected chi connectivity index (χ3v) is 3.93. The predicted octanol–water partition coefficient (Wildman–Crippen LogP) is 3.97. The lowest BCUT2D eigenvalue weighted by Crippen LogP contribution is -2.28. The second-order valence-electron chi connectivity index (χ2n) is 4.91. The quantitative estimate of drug-likeness (QED) is 0.651. The Morgan fingerprint density at radius 2 is 2.00 bits per heavy atom. The largest absolute Gasteiger partial charge is 0.198 e. The molecule has 0 unspecified atom stereocenters. The minimum Gasteiger partial charge on any atom is -0.198 e. The van der Waals surface area contributed by atoms with Crippen molar-refractivity contribution < 1.29 is 0 Å². The van der Waals surface area contributed by atoms with Crippen LogP contribution in [0.4, 0.5) is 0 Å². The van der Waals surface area contributed by atoms with E-state index in [0.717, 1.165) is 31.1 Å². The third kappa shape index (κ3) is 2.64. The molecule has 0 spiro atoms. The zero-order chi connectivity index (χ0) is 10.6. The summed E-state index contributed by atoms with van der Waals surface area (Å²) in [6.45, 7) is 4.57. The summed E-state index contributed by atoms with van der Waals surface area (Å²) < 4.78 is 0. The van der Waals surface area contributed by atoms with E-state index in [-0.39, 0.29) is 5.41 Å². The number of hydrogen-bond donors (Lipinski definition) is 0. The topological polar surface area (TPSA) is 23.8 Å². The molecule has 0 aromatic carbocycles. The lowest BCUT2D eigenvalue weighted by molar-refractivity contribution is 0.172. The Balaban J connectivity index is 2.51. The normalized spacial score (nSPS) is 32.9. The van der Waals surface area contributed by atoms with Crippen molar-refractivity contribution >= 4 is 11.6 Å². The summed E-state index contributed by atoms with van der Waals surface area (Å²) in [5.74, 6) is 2.22. The lowest BCUT2D eigenvalue weighted by atomic mass is 9.67. The number of nitriles is 1. The van der Waals surface area contributed by atoms with Gasteiger partial charge < -0.3 is 0 Å². The molecule has 0 aromatic rings. The Hall–Kier alpha value is -0.220. The minimum absolute atomic E-state index is 0.0901. The molecule has 14 heavy (non-hydrogen) atoms. The molecule has 1 nitrogen and oxygen atoms in total. The van der Waals surface area contributed by atoms with Crippen molar-refractivity contribution in [3.05, 3.63) is 0 Å². The molecule has 1 aliphatic carbocycles. The van der Waals surface area contributed by atoms with Gasteiger partial charge in [-0.2, -0.15) is 5.26 Å². The average Bonchev–Trinajstić information content (AvgIpc) is 2.19. The Bertz CT molecular complexity index is 209. The van der Waals surface area contributed by atoms with Crippen LogP contribution in [0, 0.1) is 28.6 Å². The van der Waals surface area contributed by atoms with E-state index in [0.29, 0.717) is 5.88 Å². The maximum Gasteiger partial charge on any atom is 0.0690 e. The summed E-state index contributed by atoms with van der Waals surface area (Å²) in [6, 6.07) is 2.49. The molecule has 0 aliphatic heterocycles. The molecule has 0 atom stereocenters. The Morgan fingerprint density at radius 3 is 2.36 bits per heavy atom. The van der Waals surface area contributed by atoms with Crippen molar-refractivity contribution in [2.75, 3.05) is 5.88 Å². The van der Waals surface area contributed by atoms with E-state index >= 15 is 0 Å². The molecular formula is C12H20ClN. The molecule has 0 saturated heterocycles. The number of hydrogen-bond acceptors (Lipinski definition) is 1. The maximum atomic E-state index is 9.19. The maximum absolute atomic E-state index is 9.19. The molecule has 2 heteroatoms. The van der Waals surface area contributed by atoms with Crippen molar-refractivity contribution in [1.29, 1.82) is 5.26 Å². The van der Waals surface area contributed by atoms with Crippen LogP contribution in [0.3, 0.4) is 0 Å². The zero-order valence-corrected chi connectivity index (χ0v) is 9.98. The van der Waals surface area contributed by atoms with Crippen molar-refractivity contribution in [2.24, 2.45) is 17.3 Å². The molecule has 1 aliphatic rings. The third-order valence-electron chi connectivity index (χ3n) is 3.74. The highest BCUT2D eigenvalue weighted by Crippen LogP contribution is 2.43. The van der Waals surface area contributed by atoms with E-state index in [1.807, 2.05) is 0 Å². The molecule has 80 valence electrons. The van der Waals surface area contributed by atoms with Gasteiger partial charge in [-0.25, -0.2) is 0 Å². The van der Waals surface area contributed by atoms with Gasteiger partial charge in [0.15, 0.2) is 0 Å². The van der Waals surface area contributed by atoms with Crippen LogP contribution in [0.25, 0.3) is 0 Å². The number of nitrogens with zero attached hydrogens (tertiary/aromatic N) is 1. The van der Waals surface area contributed by atoms with Crippen LogP contribution in [0.1, 0.15) is 46.0 Å². The molecule has 0 heterocycles. The number of rotatable bonds is 3. The fraction of sp³-hybridized carbons (Fsp3) is 0.917. The molecule has 1 rings (SSSR count). The van der Waals surface area contributed by atoms with Gasteiger partial charge in [0.05, 0.1) is 11.5 Å². The van der Waals surface area contributed by atoms with E-state index in [1.54, 1.807) is 0 Å². The van der Waals surface area contributed by atoms with Gasteiger partial charge in [0, 0.05) is 5.88 Å². The molecule has 0 amide bonds. The Labute approximate surface area is 92.4 Å². The van der Waals surface area contributed by atoms with Gasteiger partial charge in [-0.1, -0.05) is 13.8 Å². The summed E-state index contributed by atoms with van der Waals surface area (Å²) in [6.07, 6.45) is 5.40. The summed E-state index contributed by atoms with van der Waals surface area (Å²) in [7, 11) is 0. The smallest absolute Gasteiger partial charge is 0.0690 e. The second kappa shape index (κ2) is 5.03. The van der Waals surface area contributed by atoms with Gasteiger partial charge in [-0.15, -0.1) is 11.6 Å². The fourth-order valence-electron chi connectivity index (χ4n) is 2.46. The summed E-state index contributed by atoms with van der Waals surface area (Å²) >= 11 is 5.75. The van der Waals surface area contributed by atoms with Gasteiger partial charge in [0.1, 0.15) is 0 Å². The number of alkyl halides is 1. The predicted molar refractivity (Wildman–Crippen MR) is 60.2 cm³/mol. The van der Waals surface area contributed by atoms with Gasteiger partial charge in [-0.05, 0) is 43.9 Å². The second-order valence-corrected chi connectivity index (χ2v) is 5.29. The number of halogens is 1. The monoisotopic (exact) mass is 213 g/mol. The highest BCUT2D eigenvalue weighted by atomic mass is 35.5. The van der Waals surface area contributed by atoms with Crippen molar-refractivity contribution in [3.63, 3.8) is 0 Å². The molecule has 0 aromatic heterocycles. The Kier molecular flexibility index (Phi) is 4.26. The molecule has 0 bridgehead atoms. The van der Waals surface area contributed by atoms with E-state index in [1.165, 1.54) is 12.8 Å². The van der Waals surface area contributed by atoms with Gasteiger partial charge in [0.25, 0.3) is 0 Å². The molecule has 1 fully saturated rings. The highest BCUT2D eigenvalue weighted by Gasteiger charge is 2.35. The van der Waals surface area contributed by atoms with Gasteiger partial charge in [-0.3, -0.25) is 0 Å². The first-order valence-corrected chi connectivity index (χ1v) is 6.14. The molecule has 1 saturated carbocycles. The standard InChI is InChI=1S/C12H20ClN/c1-10(2)11-3-5-12(9-14,6-4-11)7-8-13/h10-11H,3-8H2,1-2H3. The SMILES string of the molecule is CC(C)C1CCC(C#N)(CCCl)CC1. The van der Waals surface area contributed by atoms with Crippen LogP contribution in [-0.2, 0) is 0 Å². The molecule has 0 N–H and O–H groups in total. The summed E-state index contributed by atoms with van der Waals surface area (Å²) in [5, 5.41) is 9.19.